The third-order valence-corrected chi connectivity index (χ3v) is 14.2. The zero-order valence-corrected chi connectivity index (χ0v) is 45.9. The van der Waals surface area contributed by atoms with Crippen molar-refractivity contribution in [3.8, 4) is 0 Å². The van der Waals surface area contributed by atoms with Gasteiger partial charge in [-0.1, -0.05) is 289 Å². The molecule has 0 bridgehead atoms. The van der Waals surface area contributed by atoms with Gasteiger partial charge in [0.05, 0.1) is 25.4 Å². The molecule has 6 heteroatoms. The van der Waals surface area contributed by atoms with Gasteiger partial charge in [0.2, 0.25) is 5.91 Å². The van der Waals surface area contributed by atoms with Crippen LogP contribution < -0.4 is 5.32 Å². The van der Waals surface area contributed by atoms with Gasteiger partial charge in [0.15, 0.2) is 0 Å². The third-order valence-electron chi connectivity index (χ3n) is 14.2. The second kappa shape index (κ2) is 57.9. The summed E-state index contributed by atoms with van der Waals surface area (Å²) in [6.07, 6.45) is 70.7. The number of carbonyl (C=O) groups is 2. The number of hydrogen-bond acceptors (Lipinski definition) is 5. The van der Waals surface area contributed by atoms with E-state index >= 15 is 0 Å². The van der Waals surface area contributed by atoms with Crippen LogP contribution in [0.3, 0.4) is 0 Å². The number of esters is 1. The first-order chi connectivity index (χ1) is 33.5. The lowest BCUT2D eigenvalue weighted by Crippen LogP contribution is -2.45. The van der Waals surface area contributed by atoms with Crippen LogP contribution in [0.25, 0.3) is 0 Å². The van der Waals surface area contributed by atoms with Crippen molar-refractivity contribution in [3.05, 3.63) is 24.3 Å². The molecule has 0 aliphatic rings. The molecule has 0 aromatic rings. The molecule has 0 aromatic carbocycles. The van der Waals surface area contributed by atoms with Crippen LogP contribution in [0, 0.1) is 0 Å². The highest BCUT2D eigenvalue weighted by molar-refractivity contribution is 5.76. The number of aliphatic hydroxyl groups excluding tert-OH is 2. The summed E-state index contributed by atoms with van der Waals surface area (Å²) in [5.41, 5.74) is 0. The molecule has 0 aliphatic carbocycles. The molecule has 1 amide bonds. The average molecular weight is 959 g/mol. The highest BCUT2D eigenvalue weighted by atomic mass is 16.5. The number of carbonyl (C=O) groups excluding carboxylic acids is 2. The molecular weight excluding hydrogens is 839 g/mol. The monoisotopic (exact) mass is 958 g/mol. The summed E-state index contributed by atoms with van der Waals surface area (Å²) in [6.45, 7) is 4.90. The minimum atomic E-state index is -0.845. The molecule has 0 saturated heterocycles. The maximum Gasteiger partial charge on any atom is 0.305 e. The summed E-state index contributed by atoms with van der Waals surface area (Å²) in [5.74, 6) is -0.0644. The van der Waals surface area contributed by atoms with Gasteiger partial charge in [-0.25, -0.2) is 0 Å². The Hall–Kier alpha value is -1.66. The number of allylic oxidation sites excluding steroid dienone is 3. The lowest BCUT2D eigenvalue weighted by molar-refractivity contribution is -0.143. The van der Waals surface area contributed by atoms with Crippen molar-refractivity contribution < 1.29 is 24.5 Å². The van der Waals surface area contributed by atoms with Gasteiger partial charge in [-0.15, -0.1) is 0 Å². The van der Waals surface area contributed by atoms with Crippen molar-refractivity contribution >= 4 is 11.9 Å². The zero-order chi connectivity index (χ0) is 49.3. The van der Waals surface area contributed by atoms with Gasteiger partial charge < -0.3 is 20.3 Å². The van der Waals surface area contributed by atoms with E-state index in [4.69, 9.17) is 4.74 Å². The number of nitrogens with one attached hydrogen (secondary N) is 1. The van der Waals surface area contributed by atoms with Gasteiger partial charge in [-0.3, -0.25) is 9.59 Å². The van der Waals surface area contributed by atoms with E-state index in [1.54, 1.807) is 6.08 Å². The summed E-state index contributed by atoms with van der Waals surface area (Å²) in [5, 5.41) is 23.2. The molecular formula is C62H119NO5. The van der Waals surface area contributed by atoms with Crippen LogP contribution in [0.4, 0.5) is 0 Å². The highest BCUT2D eigenvalue weighted by Gasteiger charge is 2.18. The molecule has 68 heavy (non-hydrogen) atoms. The molecule has 0 spiro atoms. The number of ether oxygens (including phenoxy) is 1. The van der Waals surface area contributed by atoms with Gasteiger partial charge in [0, 0.05) is 12.8 Å². The number of hydrogen-bond donors (Lipinski definition) is 3. The maximum atomic E-state index is 12.5. The van der Waals surface area contributed by atoms with Gasteiger partial charge in [-0.05, 0) is 57.8 Å². The SMILES string of the molecule is CCCCCC/C=C\CCCCCCCC(=O)OCCCCCCCCCCCCCCCCCCCCCCCC(=O)NC(CO)C(O)/C=C/CCCCCCCCCCCCCCCCC. The van der Waals surface area contributed by atoms with Gasteiger partial charge in [0.25, 0.3) is 0 Å². The molecule has 0 rings (SSSR count). The fraction of sp³-hybridized carbons (Fsp3) is 0.903. The Labute approximate surface area is 424 Å². The quantitative estimate of drug-likeness (QED) is 0.0321. The minimum Gasteiger partial charge on any atom is -0.466 e. The maximum absolute atomic E-state index is 12.5. The van der Waals surface area contributed by atoms with Gasteiger partial charge in [0.1, 0.15) is 0 Å². The van der Waals surface area contributed by atoms with Crippen molar-refractivity contribution in [1.29, 1.82) is 0 Å². The predicted octanol–water partition coefficient (Wildman–Crippen LogP) is 19.0. The molecule has 0 saturated carbocycles. The third kappa shape index (κ3) is 53.7. The van der Waals surface area contributed by atoms with Crippen LogP contribution >= 0.6 is 0 Å². The fourth-order valence-corrected chi connectivity index (χ4v) is 9.51. The summed E-state index contributed by atoms with van der Waals surface area (Å²) in [4.78, 5) is 24.5. The Balaban J connectivity index is 3.42. The van der Waals surface area contributed by atoms with Crippen LogP contribution in [0.5, 0.6) is 0 Å². The van der Waals surface area contributed by atoms with Crippen molar-refractivity contribution in [1.82, 2.24) is 5.32 Å². The molecule has 0 radical (unpaired) electrons. The number of rotatable bonds is 57. The Morgan fingerprint density at radius 3 is 1.06 bits per heavy atom. The molecule has 6 nitrogen and oxygen atoms in total. The fourth-order valence-electron chi connectivity index (χ4n) is 9.51. The summed E-state index contributed by atoms with van der Waals surface area (Å²) >= 11 is 0. The number of unbranched alkanes of at least 4 members (excludes halogenated alkanes) is 44. The molecule has 3 N–H and O–H groups in total. The molecule has 402 valence electrons. The second-order valence-corrected chi connectivity index (χ2v) is 21.0. The average Bonchev–Trinajstić information content (AvgIpc) is 3.34. The van der Waals surface area contributed by atoms with E-state index in [0.717, 1.165) is 44.9 Å². The first-order valence-corrected chi connectivity index (χ1v) is 30.6. The highest BCUT2D eigenvalue weighted by Crippen LogP contribution is 2.17. The topological polar surface area (TPSA) is 95.9 Å². The van der Waals surface area contributed by atoms with Gasteiger partial charge >= 0.3 is 5.97 Å². The molecule has 0 heterocycles. The van der Waals surface area contributed by atoms with Crippen molar-refractivity contribution in [2.45, 2.75) is 347 Å². The van der Waals surface area contributed by atoms with Crippen LogP contribution in [0.15, 0.2) is 24.3 Å². The first-order valence-electron chi connectivity index (χ1n) is 30.6. The summed E-state index contributed by atoms with van der Waals surface area (Å²) in [6, 6.07) is -0.628. The van der Waals surface area contributed by atoms with Crippen molar-refractivity contribution in [2.75, 3.05) is 13.2 Å². The summed E-state index contributed by atoms with van der Waals surface area (Å²) < 4.78 is 5.47. The minimum absolute atomic E-state index is 0.00240. The van der Waals surface area contributed by atoms with E-state index < -0.39 is 12.1 Å². The Morgan fingerprint density at radius 2 is 0.691 bits per heavy atom. The van der Waals surface area contributed by atoms with E-state index in [-0.39, 0.29) is 18.5 Å². The molecule has 2 atom stereocenters. The van der Waals surface area contributed by atoms with E-state index in [1.807, 2.05) is 6.08 Å². The molecule has 0 aromatic heterocycles. The lowest BCUT2D eigenvalue weighted by Gasteiger charge is -2.20. The molecule has 0 aliphatic heterocycles. The second-order valence-electron chi connectivity index (χ2n) is 21.0. The van der Waals surface area contributed by atoms with Crippen molar-refractivity contribution in [2.24, 2.45) is 0 Å². The summed E-state index contributed by atoms with van der Waals surface area (Å²) in [7, 11) is 0. The predicted molar refractivity (Wildman–Crippen MR) is 296 cm³/mol. The smallest absolute Gasteiger partial charge is 0.305 e. The first kappa shape index (κ1) is 66.3. The lowest BCUT2D eigenvalue weighted by atomic mass is 10.0. The number of amides is 1. The Bertz CT molecular complexity index is 1060. The largest absolute Gasteiger partial charge is 0.466 e. The van der Waals surface area contributed by atoms with Crippen LogP contribution in [0.2, 0.25) is 0 Å². The number of aliphatic hydroxyl groups is 2. The Morgan fingerprint density at radius 1 is 0.397 bits per heavy atom. The normalized spacial score (nSPS) is 12.7. The zero-order valence-electron chi connectivity index (χ0n) is 45.9. The van der Waals surface area contributed by atoms with Crippen molar-refractivity contribution in [3.63, 3.8) is 0 Å². The Kier molecular flexibility index (Phi) is 56.5. The van der Waals surface area contributed by atoms with Gasteiger partial charge in [-0.2, -0.15) is 0 Å². The van der Waals surface area contributed by atoms with E-state index in [9.17, 15) is 19.8 Å². The standard InChI is InChI=1S/C62H119NO5/c1-3-5-7-9-11-13-15-17-18-24-27-31-34-38-42-46-50-54-60(65)59(58-64)63-61(66)55-51-47-43-39-35-32-28-25-22-20-19-21-23-26-29-33-37-41-45-49-53-57-68-62(67)56-52-48-44-40-36-30-16-14-12-10-8-6-4-2/h14,16,50,54,59-60,64-65H,3-13,15,17-49,51-53,55-58H2,1-2H3,(H,63,66)/b16-14-,54-50+. The van der Waals surface area contributed by atoms with Crippen LogP contribution in [-0.2, 0) is 14.3 Å². The molecule has 2 unspecified atom stereocenters. The van der Waals surface area contributed by atoms with Crippen LogP contribution in [0.1, 0.15) is 335 Å². The van der Waals surface area contributed by atoms with E-state index in [0.29, 0.717) is 19.4 Å². The van der Waals surface area contributed by atoms with E-state index in [2.05, 4.69) is 31.3 Å². The van der Waals surface area contributed by atoms with E-state index in [1.165, 1.54) is 263 Å². The van der Waals surface area contributed by atoms with Crippen LogP contribution in [-0.4, -0.2) is 47.4 Å². The molecule has 0 fully saturated rings.